The van der Waals surface area contributed by atoms with Gasteiger partial charge in [0.15, 0.2) is 18.0 Å². The summed E-state index contributed by atoms with van der Waals surface area (Å²) in [5.41, 5.74) is 6.79. The fraction of sp³-hybridized carbons (Fsp3) is 0.385. The quantitative estimate of drug-likeness (QED) is 0.500. The fourth-order valence-corrected chi connectivity index (χ4v) is 2.87. The zero-order chi connectivity index (χ0) is 14.7. The number of aromatic nitrogens is 1. The number of carbonyl (C=O) groups excluding carboxylic acids is 1. The smallest absolute Gasteiger partial charge is 0.348 e. The molecule has 0 amide bonds. The third-order valence-electron chi connectivity index (χ3n) is 2.83. The molecule has 2 rings (SSSR count). The summed E-state index contributed by atoms with van der Waals surface area (Å²) in [5.74, 6) is 0.902. The molecule has 6 nitrogen and oxygen atoms in total. The zero-order valence-electron chi connectivity index (χ0n) is 12.0. The molecule has 2 aromatic rings. The summed E-state index contributed by atoms with van der Waals surface area (Å²) in [6.45, 7) is 2.19. The van der Waals surface area contributed by atoms with E-state index in [1.807, 2.05) is 6.07 Å². The Bertz CT molecular complexity index is 645. The molecule has 0 radical (unpaired) electrons. The number of hydrogen-bond donors (Lipinski definition) is 1. The minimum atomic E-state index is -0.321. The number of ether oxygens (including phenoxy) is 3. The highest BCUT2D eigenvalue weighted by molar-refractivity contribution is 7.21. The van der Waals surface area contributed by atoms with Crippen LogP contribution in [-0.2, 0) is 16.1 Å². The van der Waals surface area contributed by atoms with E-state index in [9.17, 15) is 4.79 Å². The molecule has 0 aliphatic heterocycles. The van der Waals surface area contributed by atoms with Crippen LogP contribution in [0.1, 0.15) is 6.92 Å². The van der Waals surface area contributed by atoms with E-state index < -0.39 is 0 Å². The molecule has 0 saturated heterocycles. The molecule has 0 spiro atoms. The number of fused-ring (bicyclic) bond motifs is 1. The van der Waals surface area contributed by atoms with Crippen molar-refractivity contribution in [3.05, 3.63) is 12.1 Å². The molecule has 0 saturated carbocycles. The maximum atomic E-state index is 11.6. The molecule has 0 aliphatic carbocycles. The van der Waals surface area contributed by atoms with Crippen LogP contribution in [0, 0.1) is 0 Å². The molecular formula is C13H17BrN2O4S. The van der Waals surface area contributed by atoms with E-state index in [4.69, 9.17) is 19.9 Å². The number of benzene rings is 1. The third-order valence-corrected chi connectivity index (χ3v) is 3.81. The second-order valence-corrected chi connectivity index (χ2v) is 5.07. The molecule has 0 fully saturated rings. The number of nitrogens with zero attached hydrogens (tertiary/aromatic N) is 1. The lowest BCUT2D eigenvalue weighted by molar-refractivity contribution is -0.641. The molecule has 1 aromatic carbocycles. The number of rotatable bonds is 5. The molecule has 1 aromatic heterocycles. The summed E-state index contributed by atoms with van der Waals surface area (Å²) >= 11 is 1.38. The molecule has 1 heterocycles. The second kappa shape index (κ2) is 7.46. The first-order valence-electron chi connectivity index (χ1n) is 6.10. The van der Waals surface area contributed by atoms with Gasteiger partial charge in [-0.2, -0.15) is 0 Å². The normalized spacial score (nSPS) is 10.0. The van der Waals surface area contributed by atoms with Gasteiger partial charge in [0.1, 0.15) is 5.52 Å². The molecule has 21 heavy (non-hydrogen) atoms. The molecule has 8 heteroatoms. The van der Waals surface area contributed by atoms with Crippen molar-refractivity contribution in [3.63, 3.8) is 0 Å². The van der Waals surface area contributed by atoms with E-state index in [1.54, 1.807) is 31.8 Å². The van der Waals surface area contributed by atoms with Crippen LogP contribution in [0.4, 0.5) is 5.13 Å². The number of methoxy groups -OCH3 is 2. The molecule has 2 N–H and O–H groups in total. The number of hydrogen-bond acceptors (Lipinski definition) is 6. The minimum Gasteiger partial charge on any atom is -1.00 e. The summed E-state index contributed by atoms with van der Waals surface area (Å²) in [6, 6.07) is 3.65. The van der Waals surface area contributed by atoms with E-state index >= 15 is 0 Å². The minimum absolute atomic E-state index is 0. The van der Waals surface area contributed by atoms with Crippen LogP contribution in [0.25, 0.3) is 10.2 Å². The lowest BCUT2D eigenvalue weighted by atomic mass is 10.3. The van der Waals surface area contributed by atoms with Gasteiger partial charge in [-0.05, 0) is 18.3 Å². The maximum Gasteiger partial charge on any atom is 0.348 e. The molecule has 0 aliphatic rings. The van der Waals surface area contributed by atoms with E-state index in [1.165, 1.54) is 11.3 Å². The first-order chi connectivity index (χ1) is 9.60. The Balaban J connectivity index is 0.00000220. The van der Waals surface area contributed by atoms with Gasteiger partial charge in [0.2, 0.25) is 0 Å². The largest absolute Gasteiger partial charge is 1.00 e. The van der Waals surface area contributed by atoms with Crippen LogP contribution >= 0.6 is 11.3 Å². The third kappa shape index (κ3) is 3.56. The van der Waals surface area contributed by atoms with E-state index in [2.05, 4.69) is 0 Å². The average Bonchev–Trinajstić information content (AvgIpc) is 2.73. The van der Waals surface area contributed by atoms with Gasteiger partial charge in [0, 0.05) is 12.1 Å². The van der Waals surface area contributed by atoms with Gasteiger partial charge in [-0.1, -0.05) is 0 Å². The van der Waals surface area contributed by atoms with Crippen molar-refractivity contribution < 1.29 is 40.6 Å². The van der Waals surface area contributed by atoms with Crippen molar-refractivity contribution in [2.45, 2.75) is 13.5 Å². The standard InChI is InChI=1S/C13H16N2O4S.BrH/c1-4-19-12(16)7-15-8-5-9(17-2)10(18-3)6-11(8)20-13(15)14;/h5-6,14H,4,7H2,1-3H3;1H. The second-order valence-electron chi connectivity index (χ2n) is 4.01. The Morgan fingerprint density at radius 2 is 1.90 bits per heavy atom. The summed E-state index contributed by atoms with van der Waals surface area (Å²) in [5, 5.41) is 0.531. The van der Waals surface area contributed by atoms with Crippen LogP contribution in [0.5, 0.6) is 11.5 Å². The number of nitrogens with two attached hydrogens (primary N) is 1. The van der Waals surface area contributed by atoms with Crippen molar-refractivity contribution in [2.75, 3.05) is 26.6 Å². The van der Waals surface area contributed by atoms with Crippen LogP contribution < -0.4 is 36.8 Å². The first-order valence-corrected chi connectivity index (χ1v) is 6.91. The van der Waals surface area contributed by atoms with Gasteiger partial charge in [-0.25, -0.2) is 9.36 Å². The number of halogens is 1. The van der Waals surface area contributed by atoms with Crippen LogP contribution in [0.2, 0.25) is 0 Å². The highest BCUT2D eigenvalue weighted by Gasteiger charge is 2.21. The Morgan fingerprint density at radius 1 is 1.29 bits per heavy atom. The first kappa shape index (κ1) is 17.5. The van der Waals surface area contributed by atoms with Gasteiger partial charge in [0.05, 0.1) is 25.5 Å². The van der Waals surface area contributed by atoms with E-state index in [0.717, 1.165) is 10.2 Å². The summed E-state index contributed by atoms with van der Waals surface area (Å²) < 4.78 is 18.1. The van der Waals surface area contributed by atoms with Crippen molar-refractivity contribution in [1.82, 2.24) is 0 Å². The Morgan fingerprint density at radius 3 is 2.48 bits per heavy atom. The van der Waals surface area contributed by atoms with Gasteiger partial charge < -0.3 is 31.2 Å². The topological polar surface area (TPSA) is 74.7 Å². The van der Waals surface area contributed by atoms with Gasteiger partial charge in [0.25, 0.3) is 0 Å². The number of anilines is 1. The molecule has 0 unspecified atom stereocenters. The lowest BCUT2D eigenvalue weighted by Gasteiger charge is -2.07. The predicted octanol–water partition coefficient (Wildman–Crippen LogP) is -1.64. The maximum absolute atomic E-state index is 11.6. The monoisotopic (exact) mass is 376 g/mol. The van der Waals surface area contributed by atoms with Gasteiger partial charge in [-0.15, -0.1) is 0 Å². The van der Waals surface area contributed by atoms with Crippen LogP contribution in [-0.4, -0.2) is 26.8 Å². The predicted molar refractivity (Wildman–Crippen MR) is 76.2 cm³/mol. The van der Waals surface area contributed by atoms with E-state index in [-0.39, 0.29) is 29.5 Å². The summed E-state index contributed by atoms with van der Waals surface area (Å²) in [4.78, 5) is 11.6. The zero-order valence-corrected chi connectivity index (χ0v) is 14.4. The lowest BCUT2D eigenvalue weighted by Crippen LogP contribution is -3.00. The Hall–Kier alpha value is -1.54. The fourth-order valence-electron chi connectivity index (χ4n) is 1.93. The SMILES string of the molecule is CCOC(=O)C[n+]1c(N)sc2cc(OC)c(OC)cc21.[Br-]. The Labute approximate surface area is 137 Å². The number of carbonyl (C=O) groups is 1. The summed E-state index contributed by atoms with van der Waals surface area (Å²) in [7, 11) is 3.14. The summed E-state index contributed by atoms with van der Waals surface area (Å²) in [6.07, 6.45) is 0. The van der Waals surface area contributed by atoms with Crippen LogP contribution in [0.3, 0.4) is 0 Å². The van der Waals surface area contributed by atoms with Crippen molar-refractivity contribution >= 4 is 32.7 Å². The van der Waals surface area contributed by atoms with Crippen LogP contribution in [0.15, 0.2) is 12.1 Å². The van der Waals surface area contributed by atoms with Crippen molar-refractivity contribution in [3.8, 4) is 11.5 Å². The van der Waals surface area contributed by atoms with E-state index in [0.29, 0.717) is 23.2 Å². The molecule has 116 valence electrons. The highest BCUT2D eigenvalue weighted by Crippen LogP contribution is 2.34. The molecule has 0 bridgehead atoms. The number of thiazole rings is 1. The molecular weight excluding hydrogens is 360 g/mol. The number of nitrogen functional groups attached to an aromatic ring is 1. The average molecular weight is 377 g/mol. The van der Waals surface area contributed by atoms with Crippen molar-refractivity contribution in [2.24, 2.45) is 0 Å². The van der Waals surface area contributed by atoms with Gasteiger partial charge in [-0.3, -0.25) is 5.73 Å². The highest BCUT2D eigenvalue weighted by atomic mass is 79.9. The van der Waals surface area contributed by atoms with Crippen molar-refractivity contribution in [1.29, 1.82) is 0 Å². The molecule has 0 atom stereocenters. The Kier molecular flexibility index (Phi) is 6.22. The van der Waals surface area contributed by atoms with Gasteiger partial charge >= 0.3 is 11.1 Å². The number of esters is 1.